The van der Waals surface area contributed by atoms with Gasteiger partial charge in [0.05, 0.1) is 12.3 Å². The Morgan fingerprint density at radius 3 is 2.80 bits per heavy atom. The summed E-state index contributed by atoms with van der Waals surface area (Å²) in [6, 6.07) is 4.79. The minimum atomic E-state index is -2.27. The third-order valence-corrected chi connectivity index (χ3v) is 3.92. The number of benzene rings is 1. The molecule has 2 atom stereocenters. The molecule has 0 radical (unpaired) electrons. The molecule has 0 aliphatic carbocycles. The molecule has 2 unspecified atom stereocenters. The number of hydrogen-bond acceptors (Lipinski definition) is 5. The van der Waals surface area contributed by atoms with Crippen LogP contribution in [0.2, 0.25) is 0 Å². The van der Waals surface area contributed by atoms with Crippen LogP contribution in [0, 0.1) is 6.92 Å². The van der Waals surface area contributed by atoms with Crippen LogP contribution in [0.5, 0.6) is 0 Å². The van der Waals surface area contributed by atoms with Crippen molar-refractivity contribution in [1.82, 2.24) is 5.32 Å². The van der Waals surface area contributed by atoms with Gasteiger partial charge in [0, 0.05) is 13.1 Å². The largest absolute Gasteiger partial charge is 0.488 e. The molecule has 1 aliphatic heterocycles. The minimum absolute atomic E-state index is 0.293. The molecule has 1 aromatic rings. The molecule has 1 saturated heterocycles. The molecule has 0 saturated carbocycles. The van der Waals surface area contributed by atoms with Crippen LogP contribution in [-0.2, 0) is 16.0 Å². The first-order chi connectivity index (χ1) is 9.50. The first kappa shape index (κ1) is 15.4. The summed E-state index contributed by atoms with van der Waals surface area (Å²) in [5.74, 6) is 0. The fourth-order valence-electron chi connectivity index (χ4n) is 2.10. The smallest absolute Gasteiger partial charge is 0.423 e. The van der Waals surface area contributed by atoms with Gasteiger partial charge in [0.1, 0.15) is 0 Å². The van der Waals surface area contributed by atoms with Crippen molar-refractivity contribution in [2.45, 2.75) is 13.2 Å². The Kier molecular flexibility index (Phi) is 5.14. The van der Waals surface area contributed by atoms with Crippen LogP contribution < -0.4 is 15.1 Å². The van der Waals surface area contributed by atoms with Crippen molar-refractivity contribution >= 4 is 29.5 Å². The van der Waals surface area contributed by atoms with Crippen LogP contribution in [0.15, 0.2) is 18.2 Å². The second-order valence-corrected chi connectivity index (χ2v) is 5.36. The highest BCUT2D eigenvalue weighted by atomic mass is 32.2. The van der Waals surface area contributed by atoms with E-state index < -0.39 is 24.6 Å². The third-order valence-electron chi connectivity index (χ3n) is 3.13. The summed E-state index contributed by atoms with van der Waals surface area (Å²) in [7, 11) is -1.63. The third kappa shape index (κ3) is 3.37. The Morgan fingerprint density at radius 2 is 2.25 bits per heavy atom. The van der Waals surface area contributed by atoms with E-state index in [0.717, 1.165) is 0 Å². The minimum Gasteiger partial charge on any atom is -0.423 e. The molecule has 1 fully saturated rings. The summed E-state index contributed by atoms with van der Waals surface area (Å²) < 4.78 is 27.7. The van der Waals surface area contributed by atoms with Crippen molar-refractivity contribution in [3.05, 3.63) is 23.8 Å². The topological polar surface area (TPSA) is 102 Å². The quantitative estimate of drug-likeness (QED) is 0.401. The van der Waals surface area contributed by atoms with Crippen molar-refractivity contribution in [3.8, 4) is 0 Å². The van der Waals surface area contributed by atoms with Gasteiger partial charge in [-0.25, -0.2) is 8.51 Å². The highest BCUT2D eigenvalue weighted by molar-refractivity contribution is 7.80. The summed E-state index contributed by atoms with van der Waals surface area (Å²) in [6.07, 6.45) is -0.582. The molecule has 1 heterocycles. The van der Waals surface area contributed by atoms with Gasteiger partial charge in [-0.2, -0.15) is 0 Å². The molecule has 4 N–H and O–H groups in total. The molecular formula is C11H17BN2O5S. The molecule has 2 rings (SSSR count). The number of aryl methyl sites for hydroxylation is 1. The number of ether oxygens (including phenoxy) is 1. The standard InChI is InChI=1S/C11H17BN2O5S/c1-8-2-3-9(6-10(8)12(15)16)14(20(17)18)11-7-13-4-5-19-11/h2-3,6,11,13,15-16H,4-5,7H2,1H3,(H,17,18). The molecule has 0 bridgehead atoms. The van der Waals surface area contributed by atoms with E-state index in [4.69, 9.17) is 4.74 Å². The fraction of sp³-hybridized carbons (Fsp3) is 0.455. The van der Waals surface area contributed by atoms with Gasteiger partial charge in [-0.05, 0) is 24.5 Å². The van der Waals surface area contributed by atoms with E-state index in [0.29, 0.717) is 36.4 Å². The molecular weight excluding hydrogens is 283 g/mol. The van der Waals surface area contributed by atoms with E-state index in [1.165, 1.54) is 10.4 Å². The summed E-state index contributed by atoms with van der Waals surface area (Å²) >= 11 is -2.27. The van der Waals surface area contributed by atoms with Gasteiger partial charge in [-0.3, -0.25) is 4.55 Å². The van der Waals surface area contributed by atoms with Gasteiger partial charge in [0.2, 0.25) is 0 Å². The van der Waals surface area contributed by atoms with Crippen LogP contribution in [0.3, 0.4) is 0 Å². The van der Waals surface area contributed by atoms with Gasteiger partial charge in [0.25, 0.3) is 11.3 Å². The monoisotopic (exact) mass is 300 g/mol. The summed E-state index contributed by atoms with van der Waals surface area (Å²) in [5.41, 5.74) is 1.38. The number of nitrogens with zero attached hydrogens (tertiary/aromatic N) is 1. The van der Waals surface area contributed by atoms with Crippen LogP contribution in [-0.4, -0.2) is 51.9 Å². The average molecular weight is 300 g/mol. The lowest BCUT2D eigenvalue weighted by molar-refractivity contribution is 0.0364. The number of morpholine rings is 1. The Balaban J connectivity index is 2.34. The van der Waals surface area contributed by atoms with Crippen molar-refractivity contribution in [3.63, 3.8) is 0 Å². The summed E-state index contributed by atoms with van der Waals surface area (Å²) in [5, 5.41) is 21.7. The van der Waals surface area contributed by atoms with Crippen molar-refractivity contribution in [1.29, 1.82) is 0 Å². The zero-order valence-electron chi connectivity index (χ0n) is 11.0. The number of nitrogens with one attached hydrogen (secondary N) is 1. The van der Waals surface area contributed by atoms with Gasteiger partial charge in [-0.1, -0.05) is 11.6 Å². The molecule has 0 amide bonds. The maximum atomic E-state index is 11.6. The first-order valence-corrected chi connectivity index (χ1v) is 7.26. The zero-order valence-corrected chi connectivity index (χ0v) is 11.8. The molecule has 0 spiro atoms. The second kappa shape index (κ2) is 6.66. The Bertz CT molecular complexity index is 496. The summed E-state index contributed by atoms with van der Waals surface area (Å²) in [6.45, 7) is 3.28. The summed E-state index contributed by atoms with van der Waals surface area (Å²) in [4.78, 5) is 0. The van der Waals surface area contributed by atoms with Crippen molar-refractivity contribution < 1.29 is 23.5 Å². The van der Waals surface area contributed by atoms with Crippen LogP contribution in [0.1, 0.15) is 5.56 Å². The van der Waals surface area contributed by atoms with E-state index in [1.54, 1.807) is 19.1 Å². The first-order valence-electron chi connectivity index (χ1n) is 6.20. The molecule has 20 heavy (non-hydrogen) atoms. The van der Waals surface area contributed by atoms with Crippen LogP contribution >= 0.6 is 0 Å². The van der Waals surface area contributed by atoms with Crippen molar-refractivity contribution in [2.75, 3.05) is 24.0 Å². The molecule has 9 heteroatoms. The maximum Gasteiger partial charge on any atom is 0.488 e. The van der Waals surface area contributed by atoms with Gasteiger partial charge in [0.15, 0.2) is 6.23 Å². The molecule has 7 nitrogen and oxygen atoms in total. The van der Waals surface area contributed by atoms with Crippen LogP contribution in [0.25, 0.3) is 0 Å². The highest BCUT2D eigenvalue weighted by Crippen LogP contribution is 2.20. The normalized spacial score (nSPS) is 20.5. The van der Waals surface area contributed by atoms with Gasteiger partial charge >= 0.3 is 7.12 Å². The molecule has 0 aromatic heterocycles. The van der Waals surface area contributed by atoms with Crippen molar-refractivity contribution in [2.24, 2.45) is 0 Å². The van der Waals surface area contributed by atoms with E-state index in [9.17, 15) is 18.8 Å². The second-order valence-electron chi connectivity index (χ2n) is 4.50. The predicted octanol–water partition coefficient (Wildman–Crippen LogP) is -1.44. The lowest BCUT2D eigenvalue weighted by Gasteiger charge is -2.33. The Labute approximate surface area is 120 Å². The SMILES string of the molecule is Cc1ccc(N(C2CNCCO2)S(=O)O)cc1B(O)O. The average Bonchev–Trinajstić information content (AvgIpc) is 2.41. The zero-order chi connectivity index (χ0) is 14.7. The number of anilines is 1. The van der Waals surface area contributed by atoms with E-state index in [2.05, 4.69) is 5.32 Å². The fourth-order valence-corrected chi connectivity index (χ4v) is 2.73. The highest BCUT2D eigenvalue weighted by Gasteiger charge is 2.27. The Hall–Kier alpha value is -0.965. The molecule has 1 aliphatic rings. The van der Waals surface area contributed by atoms with E-state index in [1.807, 2.05) is 0 Å². The molecule has 110 valence electrons. The Morgan fingerprint density at radius 1 is 1.50 bits per heavy atom. The predicted molar refractivity (Wildman–Crippen MR) is 76.9 cm³/mol. The van der Waals surface area contributed by atoms with Crippen LogP contribution in [0.4, 0.5) is 5.69 Å². The number of rotatable bonds is 4. The van der Waals surface area contributed by atoms with E-state index in [-0.39, 0.29) is 0 Å². The number of hydrogen-bond donors (Lipinski definition) is 4. The lowest BCUT2D eigenvalue weighted by atomic mass is 9.77. The molecule has 1 aromatic carbocycles. The van der Waals surface area contributed by atoms with E-state index >= 15 is 0 Å². The maximum absolute atomic E-state index is 11.6. The lowest BCUT2D eigenvalue weighted by Crippen LogP contribution is -2.50. The van der Waals surface area contributed by atoms with Gasteiger partial charge < -0.3 is 20.1 Å². The van der Waals surface area contributed by atoms with Gasteiger partial charge in [-0.15, -0.1) is 0 Å².